The van der Waals surface area contributed by atoms with E-state index in [1.165, 1.54) is 21.6 Å². The van der Waals surface area contributed by atoms with Crippen LogP contribution in [0.15, 0.2) is 18.6 Å². The van der Waals surface area contributed by atoms with E-state index in [9.17, 15) is 0 Å². The van der Waals surface area contributed by atoms with Gasteiger partial charge in [-0.3, -0.25) is 0 Å². The first-order valence-corrected chi connectivity index (χ1v) is 8.28. The number of hydrogen-bond donors (Lipinski definition) is 1. The predicted molar refractivity (Wildman–Crippen MR) is 91.4 cm³/mol. The van der Waals surface area contributed by atoms with Crippen molar-refractivity contribution in [3.8, 4) is 6.07 Å². The van der Waals surface area contributed by atoms with E-state index in [1.807, 2.05) is 0 Å². The molecule has 3 rings (SSSR count). The zero-order chi connectivity index (χ0) is 16.4. The molecule has 0 spiro atoms. The van der Waals surface area contributed by atoms with E-state index in [0.29, 0.717) is 13.0 Å². The molecule has 0 bridgehead atoms. The number of hydrogen-bond acceptors (Lipinski definition) is 6. The van der Waals surface area contributed by atoms with Gasteiger partial charge in [-0.2, -0.15) is 10.4 Å². The van der Waals surface area contributed by atoms with Crippen molar-refractivity contribution in [2.45, 2.75) is 39.8 Å². The zero-order valence-corrected chi connectivity index (χ0v) is 14.2. The summed E-state index contributed by atoms with van der Waals surface area (Å²) >= 11 is 1.81. The molecule has 6 nitrogen and oxygen atoms in total. The maximum absolute atomic E-state index is 8.73. The third-order valence-corrected chi connectivity index (χ3v) is 4.75. The molecule has 0 aliphatic carbocycles. The fraction of sp³-hybridized carbons (Fsp3) is 0.375. The molecule has 118 valence electrons. The summed E-state index contributed by atoms with van der Waals surface area (Å²) < 4.78 is 1.75. The van der Waals surface area contributed by atoms with Gasteiger partial charge < -0.3 is 5.32 Å². The van der Waals surface area contributed by atoms with Crippen LogP contribution in [0.1, 0.15) is 34.7 Å². The topological polar surface area (TPSA) is 79.4 Å². The Morgan fingerprint density at radius 1 is 1.39 bits per heavy atom. The van der Waals surface area contributed by atoms with Crippen molar-refractivity contribution in [3.05, 3.63) is 33.9 Å². The lowest BCUT2D eigenvalue weighted by molar-refractivity contribution is 0.643. The Morgan fingerprint density at radius 2 is 2.22 bits per heavy atom. The second kappa shape index (κ2) is 6.34. The van der Waals surface area contributed by atoms with Crippen LogP contribution in [0.2, 0.25) is 0 Å². The van der Waals surface area contributed by atoms with Crippen LogP contribution in [0.3, 0.4) is 0 Å². The standard InChI is InChI=1S/C16H18N6S/c1-10-7-13(12(3)23-10)11(2)21-15-14-8-20-22(6-4-5-17)16(14)19-9-18-15/h7-9,11H,4,6H2,1-3H3,(H,18,19,21). The van der Waals surface area contributed by atoms with Gasteiger partial charge in [0.05, 0.1) is 36.7 Å². The zero-order valence-electron chi connectivity index (χ0n) is 13.4. The highest BCUT2D eigenvalue weighted by Gasteiger charge is 2.15. The smallest absolute Gasteiger partial charge is 0.163 e. The fourth-order valence-electron chi connectivity index (χ4n) is 2.69. The summed E-state index contributed by atoms with van der Waals surface area (Å²) in [5, 5.41) is 17.4. The highest BCUT2D eigenvalue weighted by molar-refractivity contribution is 7.12. The summed E-state index contributed by atoms with van der Waals surface area (Å²) in [6, 6.07) is 4.50. The third-order valence-electron chi connectivity index (χ3n) is 3.77. The lowest BCUT2D eigenvalue weighted by atomic mass is 10.1. The number of nitrogens with one attached hydrogen (secondary N) is 1. The average Bonchev–Trinajstić information content (AvgIpc) is 3.09. The maximum atomic E-state index is 8.73. The second-order valence-corrected chi connectivity index (χ2v) is 6.93. The Balaban J connectivity index is 1.90. The summed E-state index contributed by atoms with van der Waals surface area (Å²) in [5.74, 6) is 0.772. The van der Waals surface area contributed by atoms with E-state index in [-0.39, 0.29) is 6.04 Å². The van der Waals surface area contributed by atoms with E-state index in [1.54, 1.807) is 22.2 Å². The quantitative estimate of drug-likeness (QED) is 0.775. The molecule has 1 unspecified atom stereocenters. The summed E-state index contributed by atoms with van der Waals surface area (Å²) in [5.41, 5.74) is 2.04. The summed E-state index contributed by atoms with van der Waals surface area (Å²) in [7, 11) is 0. The van der Waals surface area contributed by atoms with Crippen LogP contribution in [0.25, 0.3) is 11.0 Å². The molecule has 0 saturated heterocycles. The van der Waals surface area contributed by atoms with Gasteiger partial charge in [0, 0.05) is 9.75 Å². The summed E-state index contributed by atoms with van der Waals surface area (Å²) in [4.78, 5) is 11.3. The van der Waals surface area contributed by atoms with Crippen molar-refractivity contribution in [1.29, 1.82) is 5.26 Å². The average molecular weight is 326 g/mol. The van der Waals surface area contributed by atoms with E-state index < -0.39 is 0 Å². The molecule has 0 fully saturated rings. The van der Waals surface area contributed by atoms with Crippen LogP contribution in [-0.2, 0) is 6.54 Å². The number of anilines is 1. The lowest BCUT2D eigenvalue weighted by Gasteiger charge is -2.15. The number of aromatic nitrogens is 4. The number of aryl methyl sites for hydroxylation is 3. The number of nitrogens with zero attached hydrogens (tertiary/aromatic N) is 5. The van der Waals surface area contributed by atoms with Crippen molar-refractivity contribution in [2.75, 3.05) is 5.32 Å². The SMILES string of the molecule is Cc1cc(C(C)Nc2ncnc3c2cnn3CCC#N)c(C)s1. The molecule has 0 radical (unpaired) electrons. The van der Waals surface area contributed by atoms with Crippen LogP contribution in [0.4, 0.5) is 5.82 Å². The highest BCUT2D eigenvalue weighted by Crippen LogP contribution is 2.29. The first kappa shape index (κ1) is 15.4. The first-order chi connectivity index (χ1) is 11.1. The largest absolute Gasteiger partial charge is 0.363 e. The molecule has 1 N–H and O–H groups in total. The van der Waals surface area contributed by atoms with Crippen LogP contribution in [0.5, 0.6) is 0 Å². The van der Waals surface area contributed by atoms with Gasteiger partial charge in [0.2, 0.25) is 0 Å². The molecule has 23 heavy (non-hydrogen) atoms. The van der Waals surface area contributed by atoms with Gasteiger partial charge in [0.25, 0.3) is 0 Å². The van der Waals surface area contributed by atoms with Crippen LogP contribution >= 0.6 is 11.3 Å². The second-order valence-electron chi connectivity index (χ2n) is 5.47. The lowest BCUT2D eigenvalue weighted by Crippen LogP contribution is -2.09. The predicted octanol–water partition coefficient (Wildman–Crippen LogP) is 3.59. The Bertz CT molecular complexity index is 872. The summed E-state index contributed by atoms with van der Waals surface area (Å²) in [6.07, 6.45) is 3.70. The molecule has 0 aliphatic rings. The molecule has 0 aromatic carbocycles. The number of fused-ring (bicyclic) bond motifs is 1. The van der Waals surface area contributed by atoms with Crippen molar-refractivity contribution < 1.29 is 0 Å². The van der Waals surface area contributed by atoms with E-state index >= 15 is 0 Å². The van der Waals surface area contributed by atoms with Crippen LogP contribution in [-0.4, -0.2) is 19.7 Å². The van der Waals surface area contributed by atoms with Crippen LogP contribution in [0, 0.1) is 25.2 Å². The normalized spacial score (nSPS) is 12.3. The Morgan fingerprint density at radius 3 is 2.91 bits per heavy atom. The minimum absolute atomic E-state index is 0.153. The van der Waals surface area contributed by atoms with Gasteiger partial charge in [-0.1, -0.05) is 0 Å². The van der Waals surface area contributed by atoms with Crippen molar-refractivity contribution in [2.24, 2.45) is 0 Å². The van der Waals surface area contributed by atoms with Crippen molar-refractivity contribution in [1.82, 2.24) is 19.7 Å². The van der Waals surface area contributed by atoms with E-state index in [4.69, 9.17) is 5.26 Å². The summed E-state index contributed by atoms with van der Waals surface area (Å²) in [6.45, 7) is 6.92. The third kappa shape index (κ3) is 3.03. The molecule has 3 aromatic rings. The number of rotatable bonds is 5. The minimum atomic E-state index is 0.153. The Kier molecular flexibility index (Phi) is 4.26. The number of thiophene rings is 1. The molecule has 7 heteroatoms. The van der Waals surface area contributed by atoms with Crippen molar-refractivity contribution >= 4 is 28.2 Å². The Hall–Kier alpha value is -2.46. The van der Waals surface area contributed by atoms with Gasteiger partial charge in [-0.05, 0) is 32.4 Å². The van der Waals surface area contributed by atoms with E-state index in [2.05, 4.69) is 53.3 Å². The number of nitriles is 1. The molecule has 0 saturated carbocycles. The monoisotopic (exact) mass is 326 g/mol. The molecular formula is C16H18N6S. The van der Waals surface area contributed by atoms with Gasteiger partial charge in [-0.15, -0.1) is 11.3 Å². The minimum Gasteiger partial charge on any atom is -0.363 e. The molecule has 3 heterocycles. The molecule has 3 aromatic heterocycles. The molecule has 0 aliphatic heterocycles. The van der Waals surface area contributed by atoms with Crippen LogP contribution < -0.4 is 5.32 Å². The van der Waals surface area contributed by atoms with Gasteiger partial charge in [-0.25, -0.2) is 14.6 Å². The Labute approximate surface area is 138 Å². The molecule has 1 atom stereocenters. The maximum Gasteiger partial charge on any atom is 0.163 e. The first-order valence-electron chi connectivity index (χ1n) is 7.47. The van der Waals surface area contributed by atoms with Gasteiger partial charge in [0.1, 0.15) is 12.1 Å². The highest BCUT2D eigenvalue weighted by atomic mass is 32.1. The van der Waals surface area contributed by atoms with E-state index in [0.717, 1.165) is 16.9 Å². The van der Waals surface area contributed by atoms with Gasteiger partial charge in [0.15, 0.2) is 5.65 Å². The molecular weight excluding hydrogens is 308 g/mol. The van der Waals surface area contributed by atoms with Crippen molar-refractivity contribution in [3.63, 3.8) is 0 Å². The van der Waals surface area contributed by atoms with Gasteiger partial charge >= 0.3 is 0 Å². The fourth-order valence-corrected chi connectivity index (χ4v) is 3.71. The molecule has 0 amide bonds.